The van der Waals surface area contributed by atoms with Crippen LogP contribution in [0.1, 0.15) is 79.1 Å². The van der Waals surface area contributed by atoms with E-state index in [1.54, 1.807) is 6.92 Å². The molecule has 0 saturated heterocycles. The Kier molecular flexibility index (Phi) is 4.92. The summed E-state index contributed by atoms with van der Waals surface area (Å²) < 4.78 is 5.54. The second-order valence-corrected chi connectivity index (χ2v) is 10.9. The van der Waals surface area contributed by atoms with Gasteiger partial charge in [-0.1, -0.05) is 13.8 Å². The number of carbonyl (C=O) groups is 1. The summed E-state index contributed by atoms with van der Waals surface area (Å²) in [7, 11) is 0. The van der Waals surface area contributed by atoms with Crippen LogP contribution in [0.15, 0.2) is 0 Å². The highest BCUT2D eigenvalue weighted by Crippen LogP contribution is 2.68. The van der Waals surface area contributed by atoms with Crippen molar-refractivity contribution in [2.75, 3.05) is 0 Å². The monoisotopic (exact) mass is 394 g/mol. The summed E-state index contributed by atoms with van der Waals surface area (Å²) in [5, 5.41) is 32.5. The molecule has 4 aliphatic rings. The van der Waals surface area contributed by atoms with Gasteiger partial charge in [0.05, 0.1) is 12.2 Å². The second kappa shape index (κ2) is 6.68. The van der Waals surface area contributed by atoms with Gasteiger partial charge in [0.25, 0.3) is 0 Å². The highest BCUT2D eigenvalue weighted by Gasteiger charge is 2.69. The van der Waals surface area contributed by atoms with Gasteiger partial charge in [0.2, 0.25) is 0 Å². The van der Waals surface area contributed by atoms with E-state index in [0.717, 1.165) is 44.9 Å². The number of aliphatic hydroxyl groups is 3. The van der Waals surface area contributed by atoms with E-state index >= 15 is 0 Å². The van der Waals surface area contributed by atoms with Crippen molar-refractivity contribution >= 4 is 5.97 Å². The SMILES string of the molecule is CC(=O)O[C@H]1CC[C@@]2(C)[C@@H](CC[C@@H]3[C@H]2CC[C@@]2(C)[C@H]3C[C@@H](O)[C@]2(O)[C@H](C)O)C1. The quantitative estimate of drug-likeness (QED) is 0.627. The van der Waals surface area contributed by atoms with Gasteiger partial charge in [-0.3, -0.25) is 4.79 Å². The van der Waals surface area contributed by atoms with Gasteiger partial charge in [-0.05, 0) is 87.4 Å². The first kappa shape index (κ1) is 20.6. The molecule has 0 radical (unpaired) electrons. The normalized spacial score (nSPS) is 54.2. The average molecular weight is 395 g/mol. The molecule has 4 rings (SSSR count). The summed E-state index contributed by atoms with van der Waals surface area (Å²) in [6.07, 6.45) is 6.02. The Bertz CT molecular complexity index is 634. The minimum absolute atomic E-state index is 0.0645. The number of esters is 1. The van der Waals surface area contributed by atoms with E-state index in [2.05, 4.69) is 13.8 Å². The lowest BCUT2D eigenvalue weighted by molar-refractivity contribution is -0.209. The van der Waals surface area contributed by atoms with Crippen molar-refractivity contribution < 1.29 is 24.9 Å². The Morgan fingerprint density at radius 1 is 1.07 bits per heavy atom. The topological polar surface area (TPSA) is 87.0 Å². The molecule has 28 heavy (non-hydrogen) atoms. The van der Waals surface area contributed by atoms with Crippen LogP contribution in [-0.4, -0.2) is 45.2 Å². The van der Waals surface area contributed by atoms with Crippen LogP contribution < -0.4 is 0 Å². The lowest BCUT2D eigenvalue weighted by Gasteiger charge is -2.61. The van der Waals surface area contributed by atoms with Gasteiger partial charge in [0.1, 0.15) is 11.7 Å². The number of rotatable bonds is 2. The first-order valence-corrected chi connectivity index (χ1v) is 11.3. The van der Waals surface area contributed by atoms with Crippen molar-refractivity contribution in [2.24, 2.45) is 34.5 Å². The zero-order valence-electron chi connectivity index (χ0n) is 17.9. The van der Waals surface area contributed by atoms with E-state index in [1.807, 2.05) is 0 Å². The van der Waals surface area contributed by atoms with Gasteiger partial charge in [-0.2, -0.15) is 0 Å². The first-order chi connectivity index (χ1) is 13.0. The van der Waals surface area contributed by atoms with Crippen molar-refractivity contribution in [3.63, 3.8) is 0 Å². The number of ether oxygens (including phenoxy) is 1. The molecule has 0 bridgehead atoms. The van der Waals surface area contributed by atoms with Gasteiger partial charge in [0, 0.05) is 12.3 Å². The average Bonchev–Trinajstić information content (AvgIpc) is 2.83. The third-order valence-corrected chi connectivity index (χ3v) is 9.88. The maximum absolute atomic E-state index is 11.4. The van der Waals surface area contributed by atoms with Crippen LogP contribution in [0.5, 0.6) is 0 Å². The number of hydrogen-bond acceptors (Lipinski definition) is 5. The zero-order chi connectivity index (χ0) is 20.5. The molecule has 0 aromatic heterocycles. The van der Waals surface area contributed by atoms with Crippen molar-refractivity contribution in [2.45, 2.75) is 103 Å². The van der Waals surface area contributed by atoms with Gasteiger partial charge in [-0.15, -0.1) is 0 Å². The van der Waals surface area contributed by atoms with E-state index in [0.29, 0.717) is 24.2 Å². The lowest BCUT2D eigenvalue weighted by Crippen LogP contribution is -2.61. The molecular weight excluding hydrogens is 356 g/mol. The van der Waals surface area contributed by atoms with Crippen LogP contribution in [-0.2, 0) is 9.53 Å². The van der Waals surface area contributed by atoms with Crippen LogP contribution in [0.3, 0.4) is 0 Å². The smallest absolute Gasteiger partial charge is 0.302 e. The van der Waals surface area contributed by atoms with Crippen molar-refractivity contribution in [1.29, 1.82) is 0 Å². The fourth-order valence-corrected chi connectivity index (χ4v) is 8.37. The Labute approximate surface area is 168 Å². The molecule has 3 N–H and O–H groups in total. The van der Waals surface area contributed by atoms with Crippen molar-refractivity contribution in [1.82, 2.24) is 0 Å². The standard InChI is InChI=1S/C23H38O5/c1-13(24)23(27)20(26)12-19-17-6-5-15-11-16(28-14(2)25)7-9-21(15,3)18(17)8-10-22(19,23)4/h13,15-20,24,26-27H,5-12H2,1-4H3/t13-,15-,16-,17+,18+,19-,20+,21-,22-,23+/m0/s1. The molecule has 0 aromatic carbocycles. The summed E-state index contributed by atoms with van der Waals surface area (Å²) in [6, 6.07) is 0. The van der Waals surface area contributed by atoms with E-state index < -0.39 is 23.2 Å². The van der Waals surface area contributed by atoms with E-state index in [4.69, 9.17) is 4.74 Å². The Morgan fingerprint density at radius 3 is 2.43 bits per heavy atom. The molecule has 4 saturated carbocycles. The molecule has 0 aliphatic heterocycles. The molecule has 0 unspecified atom stereocenters. The molecular formula is C23H38O5. The number of aliphatic hydroxyl groups excluding tert-OH is 2. The Balaban J connectivity index is 1.58. The van der Waals surface area contributed by atoms with Gasteiger partial charge in [-0.25, -0.2) is 0 Å². The molecule has 5 heteroatoms. The highest BCUT2D eigenvalue weighted by atomic mass is 16.5. The minimum atomic E-state index is -1.41. The van der Waals surface area contributed by atoms with Crippen LogP contribution >= 0.6 is 0 Å². The Hall–Kier alpha value is -0.650. The second-order valence-electron chi connectivity index (χ2n) is 10.9. The van der Waals surface area contributed by atoms with E-state index in [9.17, 15) is 20.1 Å². The summed E-state index contributed by atoms with van der Waals surface area (Å²) in [5.41, 5.74) is -1.59. The third-order valence-electron chi connectivity index (χ3n) is 9.88. The third kappa shape index (κ3) is 2.65. The maximum atomic E-state index is 11.4. The van der Waals surface area contributed by atoms with Crippen molar-refractivity contribution in [3.8, 4) is 0 Å². The van der Waals surface area contributed by atoms with Crippen LogP contribution in [0.25, 0.3) is 0 Å². The molecule has 4 aliphatic carbocycles. The van der Waals surface area contributed by atoms with Gasteiger partial charge < -0.3 is 20.1 Å². The van der Waals surface area contributed by atoms with Crippen LogP contribution in [0.2, 0.25) is 0 Å². The summed E-state index contributed by atoms with van der Waals surface area (Å²) in [6.45, 7) is 7.66. The minimum Gasteiger partial charge on any atom is -0.463 e. The Morgan fingerprint density at radius 2 is 1.79 bits per heavy atom. The van der Waals surface area contributed by atoms with E-state index in [-0.39, 0.29) is 23.4 Å². The predicted octanol–water partition coefficient (Wildman–Crippen LogP) is 3.04. The predicted molar refractivity (Wildman–Crippen MR) is 105 cm³/mol. The summed E-state index contributed by atoms with van der Waals surface area (Å²) in [5.74, 6) is 1.75. The first-order valence-electron chi connectivity index (χ1n) is 11.3. The largest absolute Gasteiger partial charge is 0.463 e. The number of fused-ring (bicyclic) bond motifs is 5. The molecule has 5 nitrogen and oxygen atoms in total. The highest BCUT2D eigenvalue weighted by molar-refractivity contribution is 5.66. The number of hydrogen-bond donors (Lipinski definition) is 3. The van der Waals surface area contributed by atoms with Gasteiger partial charge in [0.15, 0.2) is 0 Å². The molecule has 0 spiro atoms. The molecule has 0 amide bonds. The van der Waals surface area contributed by atoms with Crippen molar-refractivity contribution in [3.05, 3.63) is 0 Å². The van der Waals surface area contributed by atoms with Gasteiger partial charge >= 0.3 is 5.97 Å². The fraction of sp³-hybridized carbons (Fsp3) is 0.957. The zero-order valence-corrected chi connectivity index (χ0v) is 17.9. The molecule has 0 aromatic rings. The lowest BCUT2D eigenvalue weighted by atomic mass is 9.44. The maximum Gasteiger partial charge on any atom is 0.302 e. The molecule has 4 fully saturated rings. The number of carbonyl (C=O) groups excluding carboxylic acids is 1. The van der Waals surface area contributed by atoms with Crippen LogP contribution in [0, 0.1) is 34.5 Å². The molecule has 10 atom stereocenters. The van der Waals surface area contributed by atoms with Crippen LogP contribution in [0.4, 0.5) is 0 Å². The fourth-order valence-electron chi connectivity index (χ4n) is 8.37. The molecule has 0 heterocycles. The summed E-state index contributed by atoms with van der Waals surface area (Å²) >= 11 is 0. The summed E-state index contributed by atoms with van der Waals surface area (Å²) in [4.78, 5) is 11.4. The van der Waals surface area contributed by atoms with E-state index in [1.165, 1.54) is 6.92 Å². The molecule has 160 valence electrons.